The van der Waals surface area contributed by atoms with Crippen molar-refractivity contribution in [1.82, 2.24) is 15.1 Å². The summed E-state index contributed by atoms with van der Waals surface area (Å²) in [6.07, 6.45) is 4.03. The van der Waals surface area contributed by atoms with Crippen molar-refractivity contribution in [2.75, 3.05) is 0 Å². The summed E-state index contributed by atoms with van der Waals surface area (Å²) < 4.78 is 3.16. The highest BCUT2D eigenvalue weighted by Gasteiger charge is 2.01. The van der Waals surface area contributed by atoms with Crippen LogP contribution in [0.3, 0.4) is 0 Å². The zero-order valence-corrected chi connectivity index (χ0v) is 13.9. The molecule has 2 aromatic heterocycles. The lowest BCUT2D eigenvalue weighted by atomic mass is 10.2. The molecule has 1 N–H and O–H groups in total. The second-order valence-electron chi connectivity index (χ2n) is 4.84. The Hall–Kier alpha value is -1.43. The van der Waals surface area contributed by atoms with E-state index in [2.05, 4.69) is 68.9 Å². The summed E-state index contributed by atoms with van der Waals surface area (Å²) in [4.78, 5) is 1.33. The van der Waals surface area contributed by atoms with Crippen LogP contribution in [0.1, 0.15) is 16.0 Å². The molecule has 3 rings (SSSR count). The minimum Gasteiger partial charge on any atom is -0.308 e. The highest BCUT2D eigenvalue weighted by atomic mass is 79.9. The predicted octanol–water partition coefficient (Wildman–Crippen LogP) is 4.05. The molecule has 21 heavy (non-hydrogen) atoms. The molecule has 0 saturated carbocycles. The Kier molecular flexibility index (Phi) is 4.85. The van der Waals surface area contributed by atoms with Crippen LogP contribution >= 0.6 is 27.3 Å². The number of aromatic nitrogens is 2. The molecule has 3 nitrogen and oxygen atoms in total. The fraction of sp³-hybridized carbons (Fsp3) is 0.188. The van der Waals surface area contributed by atoms with Crippen LogP contribution in [0.2, 0.25) is 0 Å². The highest BCUT2D eigenvalue weighted by molar-refractivity contribution is 9.11. The minimum atomic E-state index is 0.818. The van der Waals surface area contributed by atoms with E-state index in [1.165, 1.54) is 19.8 Å². The molecule has 2 heterocycles. The molecule has 5 heteroatoms. The van der Waals surface area contributed by atoms with Crippen LogP contribution in [-0.4, -0.2) is 9.78 Å². The van der Waals surface area contributed by atoms with E-state index >= 15 is 0 Å². The van der Waals surface area contributed by atoms with Gasteiger partial charge in [-0.05, 0) is 33.6 Å². The summed E-state index contributed by atoms with van der Waals surface area (Å²) >= 11 is 5.24. The first-order valence-electron chi connectivity index (χ1n) is 6.80. The lowest BCUT2D eigenvalue weighted by molar-refractivity contribution is 0.679. The summed E-state index contributed by atoms with van der Waals surface area (Å²) in [6, 6.07) is 14.6. The number of nitrogens with zero attached hydrogens (tertiary/aromatic N) is 2. The molecular weight excluding hydrogens is 346 g/mol. The van der Waals surface area contributed by atoms with E-state index in [1.54, 1.807) is 11.3 Å². The molecule has 0 spiro atoms. The molecule has 0 atom stereocenters. The Morgan fingerprint density at radius 1 is 1.05 bits per heavy atom. The summed E-state index contributed by atoms with van der Waals surface area (Å²) in [5, 5.41) is 7.86. The average molecular weight is 362 g/mol. The maximum Gasteiger partial charge on any atom is 0.0701 e. The van der Waals surface area contributed by atoms with Crippen LogP contribution in [-0.2, 0) is 19.6 Å². The number of hydrogen-bond donors (Lipinski definition) is 1. The van der Waals surface area contributed by atoms with Crippen molar-refractivity contribution in [1.29, 1.82) is 0 Å². The van der Waals surface area contributed by atoms with Crippen molar-refractivity contribution in [3.05, 3.63) is 74.6 Å². The number of hydrogen-bond acceptors (Lipinski definition) is 3. The molecule has 1 aromatic carbocycles. The number of nitrogens with one attached hydrogen (secondary N) is 1. The second-order valence-corrected chi connectivity index (χ2v) is 7.39. The molecule has 0 saturated heterocycles. The van der Waals surface area contributed by atoms with Crippen LogP contribution in [0.25, 0.3) is 0 Å². The summed E-state index contributed by atoms with van der Waals surface area (Å²) in [5.74, 6) is 0. The molecule has 0 aliphatic heterocycles. The third-order valence-corrected chi connectivity index (χ3v) is 4.75. The minimum absolute atomic E-state index is 0.818. The molecule has 0 aliphatic rings. The molecule has 3 aromatic rings. The molecule has 0 unspecified atom stereocenters. The van der Waals surface area contributed by atoms with Gasteiger partial charge < -0.3 is 5.32 Å². The first-order valence-corrected chi connectivity index (χ1v) is 8.41. The standard InChI is InChI=1S/C16H16BrN3S/c17-16-7-6-15(21-16)10-18-8-14-9-19-20(12-14)11-13-4-2-1-3-5-13/h1-7,9,12,18H,8,10-11H2. The van der Waals surface area contributed by atoms with E-state index in [1.807, 2.05) is 16.9 Å². The van der Waals surface area contributed by atoms with E-state index < -0.39 is 0 Å². The first-order chi connectivity index (χ1) is 10.3. The van der Waals surface area contributed by atoms with Crippen molar-refractivity contribution in [3.8, 4) is 0 Å². The highest BCUT2D eigenvalue weighted by Crippen LogP contribution is 2.21. The number of benzene rings is 1. The van der Waals surface area contributed by atoms with Gasteiger partial charge in [0.2, 0.25) is 0 Å². The summed E-state index contributed by atoms with van der Waals surface area (Å²) in [6.45, 7) is 2.54. The molecule has 0 aliphatic carbocycles. The third kappa shape index (κ3) is 4.27. The van der Waals surface area contributed by atoms with E-state index in [0.717, 1.165) is 19.6 Å². The van der Waals surface area contributed by atoms with Gasteiger partial charge in [-0.2, -0.15) is 5.10 Å². The summed E-state index contributed by atoms with van der Waals surface area (Å²) in [5.41, 5.74) is 2.48. The van der Waals surface area contributed by atoms with Gasteiger partial charge >= 0.3 is 0 Å². The van der Waals surface area contributed by atoms with Crippen LogP contribution in [0.15, 0.2) is 58.6 Å². The topological polar surface area (TPSA) is 29.9 Å². The van der Waals surface area contributed by atoms with E-state index in [4.69, 9.17) is 0 Å². The predicted molar refractivity (Wildman–Crippen MR) is 90.3 cm³/mol. The van der Waals surface area contributed by atoms with Gasteiger partial charge in [-0.3, -0.25) is 4.68 Å². The molecule has 0 amide bonds. The van der Waals surface area contributed by atoms with Crippen molar-refractivity contribution >= 4 is 27.3 Å². The number of rotatable bonds is 6. The third-order valence-electron chi connectivity index (χ3n) is 3.13. The van der Waals surface area contributed by atoms with Gasteiger partial charge in [0.15, 0.2) is 0 Å². The maximum absolute atomic E-state index is 4.41. The van der Waals surface area contributed by atoms with Gasteiger partial charge in [0.05, 0.1) is 16.5 Å². The van der Waals surface area contributed by atoms with Crippen molar-refractivity contribution in [3.63, 3.8) is 0 Å². The van der Waals surface area contributed by atoms with Crippen LogP contribution < -0.4 is 5.32 Å². The van der Waals surface area contributed by atoms with Crippen molar-refractivity contribution in [2.45, 2.75) is 19.6 Å². The Balaban J connectivity index is 1.51. The number of thiophene rings is 1. The van der Waals surface area contributed by atoms with E-state index in [0.29, 0.717) is 0 Å². The van der Waals surface area contributed by atoms with Gasteiger partial charge in [0, 0.05) is 29.7 Å². The molecular formula is C16H16BrN3S. The maximum atomic E-state index is 4.41. The van der Waals surface area contributed by atoms with Crippen LogP contribution in [0, 0.1) is 0 Å². The van der Waals surface area contributed by atoms with Crippen molar-refractivity contribution in [2.24, 2.45) is 0 Å². The molecule has 108 valence electrons. The number of halogens is 1. The second kappa shape index (κ2) is 7.02. The Morgan fingerprint density at radius 3 is 2.67 bits per heavy atom. The van der Waals surface area contributed by atoms with Gasteiger partial charge in [0.25, 0.3) is 0 Å². The largest absolute Gasteiger partial charge is 0.308 e. The zero-order chi connectivity index (χ0) is 14.5. The fourth-order valence-corrected chi connectivity index (χ4v) is 3.58. The van der Waals surface area contributed by atoms with Crippen molar-refractivity contribution < 1.29 is 0 Å². The van der Waals surface area contributed by atoms with Gasteiger partial charge in [-0.1, -0.05) is 30.3 Å². The average Bonchev–Trinajstić information content (AvgIpc) is 3.10. The lowest BCUT2D eigenvalue weighted by Crippen LogP contribution is -2.11. The SMILES string of the molecule is Brc1ccc(CNCc2cnn(Cc3ccccc3)c2)s1. The normalized spacial score (nSPS) is 10.9. The van der Waals surface area contributed by atoms with Crippen LogP contribution in [0.5, 0.6) is 0 Å². The van der Waals surface area contributed by atoms with Gasteiger partial charge in [-0.25, -0.2) is 0 Å². The van der Waals surface area contributed by atoms with Gasteiger partial charge in [-0.15, -0.1) is 11.3 Å². The quantitative estimate of drug-likeness (QED) is 0.717. The Labute approximate surface area is 136 Å². The van der Waals surface area contributed by atoms with E-state index in [-0.39, 0.29) is 0 Å². The Morgan fingerprint density at radius 2 is 1.90 bits per heavy atom. The molecule has 0 bridgehead atoms. The Bertz CT molecular complexity index is 690. The molecule has 0 fully saturated rings. The fourth-order valence-electron chi connectivity index (χ4n) is 2.13. The molecule has 0 radical (unpaired) electrons. The monoisotopic (exact) mass is 361 g/mol. The summed E-state index contributed by atoms with van der Waals surface area (Å²) in [7, 11) is 0. The van der Waals surface area contributed by atoms with E-state index in [9.17, 15) is 0 Å². The van der Waals surface area contributed by atoms with Gasteiger partial charge in [0.1, 0.15) is 0 Å². The van der Waals surface area contributed by atoms with Crippen LogP contribution in [0.4, 0.5) is 0 Å². The first kappa shape index (κ1) is 14.5. The lowest BCUT2D eigenvalue weighted by Gasteiger charge is -2.01. The smallest absolute Gasteiger partial charge is 0.0701 e. The zero-order valence-electron chi connectivity index (χ0n) is 11.5.